The van der Waals surface area contributed by atoms with Crippen molar-refractivity contribution in [2.24, 2.45) is 0 Å². The fourth-order valence-electron chi connectivity index (χ4n) is 12.4. The lowest BCUT2D eigenvalue weighted by molar-refractivity contribution is -0.136. The van der Waals surface area contributed by atoms with Crippen LogP contribution >= 0.6 is 23.1 Å². The van der Waals surface area contributed by atoms with Crippen LogP contribution in [0.4, 0.5) is 34.5 Å². The third-order valence-electron chi connectivity index (χ3n) is 16.6. The number of ether oxygens (including phenoxy) is 1. The number of fused-ring (bicyclic) bond motifs is 2. The van der Waals surface area contributed by atoms with Crippen molar-refractivity contribution in [3.05, 3.63) is 82.2 Å². The number of carbonyl (C=O) groups is 4. The standard InChI is InChI=1S/C54H63BrN13O6P/c1-74-46-28-45(38(32-4-5-32)27-43(46)60-54-58-29-40(55)50(62-54)59-42-9-8-41-48(57-17-16-56-41)49(42)75(2,3)73)66-20-14-34(15-21-66)65-24-22-64(23-25-65)33-12-18-63(19-13-33)36-30-67(31-36)35-6-7-37-39(26-35)53(72)68(52(37)71)44-10-11-47(69)61-51(44)70/h6-9,16-17,26-29,32-34,36,44H,4-5,10-15,18-25,30-31H2,1-3H3,(H,61,69,70)(H2,58,59,60,62). The lowest BCUT2D eigenvalue weighted by Crippen LogP contribution is -2.62. The lowest BCUT2D eigenvalue weighted by atomic mass is 9.96. The van der Waals surface area contributed by atoms with E-state index in [1.54, 1.807) is 51.2 Å². The first-order valence-electron chi connectivity index (χ1n) is 26.4. The first kappa shape index (κ1) is 49.8. The maximum absolute atomic E-state index is 13.6. The first-order valence-corrected chi connectivity index (χ1v) is 29.8. The highest BCUT2D eigenvalue weighted by Gasteiger charge is 2.46. The summed E-state index contributed by atoms with van der Waals surface area (Å²) in [6.07, 6.45) is 12.1. The highest BCUT2D eigenvalue weighted by molar-refractivity contribution is 9.10. The Morgan fingerprint density at radius 1 is 0.707 bits per heavy atom. The van der Waals surface area contributed by atoms with E-state index >= 15 is 0 Å². The minimum absolute atomic E-state index is 0.100. The molecule has 392 valence electrons. The van der Waals surface area contributed by atoms with Crippen molar-refractivity contribution in [1.82, 2.24) is 44.9 Å². The number of imide groups is 2. The molecule has 5 saturated heterocycles. The predicted octanol–water partition coefficient (Wildman–Crippen LogP) is 6.14. The molecule has 7 aliphatic rings. The molecule has 6 fully saturated rings. The SMILES string of the molecule is COc1cc(N2CCC(N3CCN(C4CCN(C5CN(c6ccc7c(c6)C(=O)N(C6CCC(=O)NC6=O)C7=O)C5)CC4)CC3)CC2)c(C2CC2)cc1Nc1ncc(Br)c(Nc2ccc3nccnc3c2P(C)(C)=O)n1. The van der Waals surface area contributed by atoms with Gasteiger partial charge in [0.2, 0.25) is 17.8 Å². The van der Waals surface area contributed by atoms with Crippen LogP contribution in [0.15, 0.2) is 65.5 Å². The summed E-state index contributed by atoms with van der Waals surface area (Å²) in [6.45, 7) is 13.8. The molecule has 1 atom stereocenters. The summed E-state index contributed by atoms with van der Waals surface area (Å²) in [5, 5.41) is 9.77. The highest BCUT2D eigenvalue weighted by Crippen LogP contribution is 2.49. The number of anilines is 6. The topological polar surface area (TPSA) is 202 Å². The molecule has 3 aromatic carbocycles. The van der Waals surface area contributed by atoms with Crippen molar-refractivity contribution in [2.75, 3.05) is 106 Å². The lowest BCUT2D eigenvalue weighted by Gasteiger charge is -2.50. The highest BCUT2D eigenvalue weighted by atomic mass is 79.9. The molecular formula is C54H63BrN13O6P. The minimum atomic E-state index is -2.78. The Hall–Kier alpha value is -6.05. The Bertz CT molecular complexity index is 3140. The van der Waals surface area contributed by atoms with Crippen molar-refractivity contribution < 1.29 is 28.5 Å². The van der Waals surface area contributed by atoms with Gasteiger partial charge >= 0.3 is 0 Å². The predicted molar refractivity (Wildman–Crippen MR) is 292 cm³/mol. The van der Waals surface area contributed by atoms with Crippen molar-refractivity contribution in [3.8, 4) is 5.75 Å². The average molecular weight is 1100 g/mol. The van der Waals surface area contributed by atoms with Gasteiger partial charge in [-0.15, -0.1) is 0 Å². The van der Waals surface area contributed by atoms with E-state index in [2.05, 4.69) is 83.5 Å². The number of nitrogens with zero attached hydrogens (tertiary/aromatic N) is 10. The Labute approximate surface area is 444 Å². The summed E-state index contributed by atoms with van der Waals surface area (Å²) < 4.78 is 20.3. The van der Waals surface area contributed by atoms with Gasteiger partial charge in [-0.2, -0.15) is 4.98 Å². The number of benzene rings is 3. The molecule has 1 saturated carbocycles. The number of piperidine rings is 3. The number of methoxy groups -OCH3 is 1. The molecular weight excluding hydrogens is 1040 g/mol. The van der Waals surface area contributed by atoms with Gasteiger partial charge in [0.15, 0.2) is 0 Å². The fourth-order valence-corrected chi connectivity index (χ4v) is 14.1. The van der Waals surface area contributed by atoms with Gasteiger partial charge in [-0.25, -0.2) is 4.98 Å². The van der Waals surface area contributed by atoms with Gasteiger partial charge in [-0.1, -0.05) is 0 Å². The number of nitrogens with one attached hydrogen (secondary N) is 3. The quantitative estimate of drug-likeness (QED) is 0.0895. The van der Waals surface area contributed by atoms with E-state index in [4.69, 9.17) is 9.72 Å². The Morgan fingerprint density at radius 2 is 1.39 bits per heavy atom. The van der Waals surface area contributed by atoms with Gasteiger partial charge in [-0.3, -0.25) is 54.1 Å². The van der Waals surface area contributed by atoms with Gasteiger partial charge in [0.05, 0.1) is 44.9 Å². The molecule has 75 heavy (non-hydrogen) atoms. The number of likely N-dealkylation sites (tertiary alicyclic amines) is 1. The number of halogens is 1. The number of hydrogen-bond donors (Lipinski definition) is 3. The van der Waals surface area contributed by atoms with Crippen molar-refractivity contribution >= 4 is 97.6 Å². The summed E-state index contributed by atoms with van der Waals surface area (Å²) in [6, 6.07) is 14.2. The van der Waals surface area contributed by atoms with E-state index in [1.165, 1.54) is 36.9 Å². The second-order valence-electron chi connectivity index (χ2n) is 21.6. The molecule has 6 aliphatic heterocycles. The number of piperazine rings is 1. The minimum Gasteiger partial charge on any atom is -0.494 e. The molecule has 19 nitrogen and oxygen atoms in total. The number of carbonyl (C=O) groups excluding carboxylic acids is 4. The molecule has 21 heteroatoms. The third-order valence-corrected chi connectivity index (χ3v) is 18.7. The molecule has 1 aliphatic carbocycles. The van der Waals surface area contributed by atoms with E-state index in [-0.39, 0.29) is 18.7 Å². The Balaban J connectivity index is 0.619. The van der Waals surface area contributed by atoms with Crippen LogP contribution in [-0.2, 0) is 14.2 Å². The van der Waals surface area contributed by atoms with Gasteiger partial charge < -0.3 is 29.7 Å². The number of aromatic nitrogens is 4. The molecule has 0 spiro atoms. The second-order valence-corrected chi connectivity index (χ2v) is 25.6. The van der Waals surface area contributed by atoms with Crippen LogP contribution < -0.4 is 35.8 Å². The van der Waals surface area contributed by atoms with Gasteiger partial charge in [0.1, 0.15) is 30.3 Å². The Morgan fingerprint density at radius 3 is 2.07 bits per heavy atom. The zero-order valence-corrected chi connectivity index (χ0v) is 45.1. The van der Waals surface area contributed by atoms with Gasteiger partial charge in [-0.05, 0) is 122 Å². The van der Waals surface area contributed by atoms with Crippen LogP contribution in [0.25, 0.3) is 11.0 Å². The van der Waals surface area contributed by atoms with Crippen LogP contribution in [0.3, 0.4) is 0 Å². The zero-order valence-electron chi connectivity index (χ0n) is 42.6. The van der Waals surface area contributed by atoms with Gasteiger partial charge in [0.25, 0.3) is 11.8 Å². The van der Waals surface area contributed by atoms with E-state index in [1.807, 2.05) is 18.2 Å². The smallest absolute Gasteiger partial charge is 0.262 e. The molecule has 4 amide bonds. The maximum Gasteiger partial charge on any atom is 0.262 e. The van der Waals surface area contributed by atoms with Crippen LogP contribution in [0, 0.1) is 0 Å². The molecule has 2 aromatic heterocycles. The summed E-state index contributed by atoms with van der Waals surface area (Å²) in [5.74, 6) is 0.244. The van der Waals surface area contributed by atoms with E-state index in [0.29, 0.717) is 73.4 Å². The van der Waals surface area contributed by atoms with E-state index < -0.39 is 30.9 Å². The molecule has 3 N–H and O–H groups in total. The second kappa shape index (κ2) is 20.1. The van der Waals surface area contributed by atoms with Gasteiger partial charge in [0, 0.05) is 126 Å². The maximum atomic E-state index is 13.6. The Kier molecular flexibility index (Phi) is 13.4. The average Bonchev–Trinajstić information content (AvgIpc) is 4.23. The number of rotatable bonds is 13. The summed E-state index contributed by atoms with van der Waals surface area (Å²) in [4.78, 5) is 83.3. The summed E-state index contributed by atoms with van der Waals surface area (Å²) >= 11 is 3.63. The molecule has 0 bridgehead atoms. The summed E-state index contributed by atoms with van der Waals surface area (Å²) in [7, 11) is -1.07. The van der Waals surface area contributed by atoms with E-state index in [9.17, 15) is 23.7 Å². The first-order chi connectivity index (χ1) is 36.3. The van der Waals surface area contributed by atoms with Crippen molar-refractivity contribution in [1.29, 1.82) is 0 Å². The van der Waals surface area contributed by atoms with Crippen LogP contribution in [0.2, 0.25) is 0 Å². The monoisotopic (exact) mass is 1100 g/mol. The molecule has 12 rings (SSSR count). The van der Waals surface area contributed by atoms with Crippen LogP contribution in [0.5, 0.6) is 5.75 Å². The van der Waals surface area contributed by atoms with Crippen LogP contribution in [-0.4, -0.2) is 173 Å². The van der Waals surface area contributed by atoms with E-state index in [0.717, 1.165) is 100 Å². The molecule has 5 aromatic rings. The van der Waals surface area contributed by atoms with Crippen molar-refractivity contribution in [2.45, 2.75) is 81.5 Å². The number of amides is 4. The number of hydrogen-bond acceptors (Lipinski definition) is 17. The molecule has 8 heterocycles. The van der Waals surface area contributed by atoms with Crippen LogP contribution in [0.1, 0.15) is 83.6 Å². The summed E-state index contributed by atoms with van der Waals surface area (Å²) in [5.41, 5.74) is 6.90. The molecule has 0 radical (unpaired) electrons. The molecule has 1 unspecified atom stereocenters. The third kappa shape index (κ3) is 9.77. The largest absolute Gasteiger partial charge is 0.494 e. The fraction of sp³-hybridized carbons (Fsp3) is 0.481. The normalized spacial score (nSPS) is 21.9. The van der Waals surface area contributed by atoms with Crippen molar-refractivity contribution in [3.63, 3.8) is 0 Å². The zero-order chi connectivity index (χ0) is 51.7.